The highest BCUT2D eigenvalue weighted by molar-refractivity contribution is 5.74. The molecule has 1 atom stereocenters. The van der Waals surface area contributed by atoms with Crippen molar-refractivity contribution in [1.82, 2.24) is 0 Å². The summed E-state index contributed by atoms with van der Waals surface area (Å²) in [6.45, 7) is 0. The smallest absolute Gasteiger partial charge is 0.337 e. The van der Waals surface area contributed by atoms with Gasteiger partial charge in [0.2, 0.25) is 0 Å². The summed E-state index contributed by atoms with van der Waals surface area (Å²) in [4.78, 5) is 10.5. The minimum atomic E-state index is -1.87. The number of rotatable bonds is 3. The molecule has 1 aromatic carbocycles. The van der Waals surface area contributed by atoms with E-state index < -0.39 is 17.9 Å². The second-order valence-electron chi connectivity index (χ2n) is 2.94. The van der Waals surface area contributed by atoms with Crippen molar-refractivity contribution in [1.29, 1.82) is 5.26 Å². The van der Waals surface area contributed by atoms with E-state index in [-0.39, 0.29) is 16.9 Å². The van der Waals surface area contributed by atoms with E-state index in [1.54, 1.807) is 6.07 Å². The van der Waals surface area contributed by atoms with Crippen LogP contribution in [0.5, 0.6) is 5.75 Å². The summed E-state index contributed by atoms with van der Waals surface area (Å²) in [6.07, 6.45) is -1.87. The van der Waals surface area contributed by atoms with Crippen molar-refractivity contribution in [3.05, 3.63) is 29.1 Å². The lowest BCUT2D eigenvalue weighted by Crippen LogP contribution is -2.11. The molecule has 1 aromatic rings. The Kier molecular flexibility index (Phi) is 3.43. The lowest BCUT2D eigenvalue weighted by Gasteiger charge is -2.09. The maximum atomic E-state index is 13.3. The van der Waals surface area contributed by atoms with E-state index in [0.29, 0.717) is 0 Å². The number of hydrogen-bond donors (Lipinski definition) is 2. The van der Waals surface area contributed by atoms with Crippen LogP contribution < -0.4 is 4.74 Å². The molecule has 0 aromatic heterocycles. The van der Waals surface area contributed by atoms with Crippen LogP contribution in [0, 0.1) is 17.1 Å². The van der Waals surface area contributed by atoms with Crippen LogP contribution in [0.15, 0.2) is 12.1 Å². The number of carboxylic acid groups (broad SMARTS) is 1. The number of halogens is 1. The Balaban J connectivity index is 3.32. The van der Waals surface area contributed by atoms with Gasteiger partial charge in [-0.15, -0.1) is 0 Å². The monoisotopic (exact) mass is 225 g/mol. The molecule has 0 aliphatic rings. The Morgan fingerprint density at radius 3 is 2.69 bits per heavy atom. The zero-order valence-corrected chi connectivity index (χ0v) is 8.27. The Morgan fingerprint density at radius 1 is 1.62 bits per heavy atom. The summed E-state index contributed by atoms with van der Waals surface area (Å²) in [6, 6.07) is 3.54. The predicted molar refractivity (Wildman–Crippen MR) is 50.3 cm³/mol. The van der Waals surface area contributed by atoms with E-state index in [4.69, 9.17) is 10.4 Å². The summed E-state index contributed by atoms with van der Waals surface area (Å²) in [7, 11) is 1.19. The van der Waals surface area contributed by atoms with Crippen molar-refractivity contribution in [3.8, 4) is 11.8 Å². The SMILES string of the molecule is COc1c(F)cc(C(O)C(=O)O)cc1C#N. The third-order valence-corrected chi connectivity index (χ3v) is 1.94. The molecule has 0 bridgehead atoms. The number of ether oxygens (including phenoxy) is 1. The molecule has 0 aliphatic heterocycles. The number of methoxy groups -OCH3 is 1. The summed E-state index contributed by atoms with van der Waals surface area (Å²) >= 11 is 0. The molecule has 84 valence electrons. The Morgan fingerprint density at radius 2 is 2.25 bits per heavy atom. The lowest BCUT2D eigenvalue weighted by molar-refractivity contribution is -0.146. The molecular formula is C10H8FNO4. The van der Waals surface area contributed by atoms with Gasteiger partial charge in [-0.3, -0.25) is 0 Å². The molecule has 0 aliphatic carbocycles. The van der Waals surface area contributed by atoms with E-state index >= 15 is 0 Å². The molecule has 6 heteroatoms. The van der Waals surface area contributed by atoms with Gasteiger partial charge < -0.3 is 14.9 Å². The number of aliphatic carboxylic acids is 1. The molecule has 16 heavy (non-hydrogen) atoms. The highest BCUT2D eigenvalue weighted by Crippen LogP contribution is 2.26. The van der Waals surface area contributed by atoms with Gasteiger partial charge in [-0.05, 0) is 17.7 Å². The second kappa shape index (κ2) is 4.59. The Bertz CT molecular complexity index is 467. The Labute approximate surface area is 90.3 Å². The lowest BCUT2D eigenvalue weighted by atomic mass is 10.1. The minimum absolute atomic E-state index is 0.169. The number of aliphatic hydroxyl groups excluding tert-OH is 1. The first-order valence-electron chi connectivity index (χ1n) is 4.19. The van der Waals surface area contributed by atoms with Crippen LogP contribution in [0.25, 0.3) is 0 Å². The van der Waals surface area contributed by atoms with E-state index in [1.807, 2.05) is 0 Å². The van der Waals surface area contributed by atoms with E-state index in [1.165, 1.54) is 7.11 Å². The predicted octanol–water partition coefficient (Wildman–Crippen LogP) is 0.824. The quantitative estimate of drug-likeness (QED) is 0.794. The van der Waals surface area contributed by atoms with Gasteiger partial charge in [0.05, 0.1) is 12.7 Å². The van der Waals surface area contributed by atoms with E-state index in [9.17, 15) is 14.3 Å². The average molecular weight is 225 g/mol. The zero-order valence-electron chi connectivity index (χ0n) is 8.27. The highest BCUT2D eigenvalue weighted by Gasteiger charge is 2.20. The highest BCUT2D eigenvalue weighted by atomic mass is 19.1. The number of aliphatic hydroxyl groups is 1. The fraction of sp³-hybridized carbons (Fsp3) is 0.200. The van der Waals surface area contributed by atoms with E-state index in [2.05, 4.69) is 4.74 Å². The van der Waals surface area contributed by atoms with E-state index in [0.717, 1.165) is 12.1 Å². The molecule has 0 saturated carbocycles. The molecule has 1 rings (SSSR count). The normalized spacial score (nSPS) is 11.6. The molecule has 0 amide bonds. The summed E-state index contributed by atoms with van der Waals surface area (Å²) < 4.78 is 18.0. The third kappa shape index (κ3) is 2.10. The van der Waals surface area contributed by atoms with Crippen molar-refractivity contribution < 1.29 is 24.1 Å². The standard InChI is InChI=1S/C10H8FNO4/c1-16-9-6(4-12)2-5(3-7(9)11)8(13)10(14)15/h2-3,8,13H,1H3,(H,14,15). The number of carbonyl (C=O) groups is 1. The molecule has 5 nitrogen and oxygen atoms in total. The summed E-state index contributed by atoms with van der Waals surface area (Å²) in [5.41, 5.74) is -0.375. The molecule has 0 spiro atoms. The molecule has 1 unspecified atom stereocenters. The fourth-order valence-electron chi connectivity index (χ4n) is 1.21. The molecule has 0 saturated heterocycles. The van der Waals surface area contributed by atoms with Crippen molar-refractivity contribution in [2.45, 2.75) is 6.10 Å². The molecule has 0 heterocycles. The van der Waals surface area contributed by atoms with Crippen molar-refractivity contribution in [2.75, 3.05) is 7.11 Å². The van der Waals surface area contributed by atoms with Crippen LogP contribution in [0.2, 0.25) is 0 Å². The maximum Gasteiger partial charge on any atom is 0.337 e. The van der Waals surface area contributed by atoms with Gasteiger partial charge in [0.1, 0.15) is 6.07 Å². The van der Waals surface area contributed by atoms with Gasteiger partial charge in [0, 0.05) is 0 Å². The number of nitrogens with zero attached hydrogens (tertiary/aromatic N) is 1. The first-order chi connectivity index (χ1) is 7.51. The van der Waals surface area contributed by atoms with Crippen molar-refractivity contribution in [2.24, 2.45) is 0 Å². The van der Waals surface area contributed by atoms with Gasteiger partial charge in [-0.25, -0.2) is 9.18 Å². The largest absolute Gasteiger partial charge is 0.492 e. The first kappa shape index (κ1) is 11.9. The first-order valence-corrected chi connectivity index (χ1v) is 4.19. The van der Waals surface area contributed by atoms with Crippen molar-refractivity contribution in [3.63, 3.8) is 0 Å². The minimum Gasteiger partial charge on any atom is -0.492 e. The number of nitriles is 1. The zero-order chi connectivity index (χ0) is 12.3. The summed E-state index contributed by atoms with van der Waals surface area (Å²) in [5.74, 6) is -2.69. The second-order valence-corrected chi connectivity index (χ2v) is 2.94. The van der Waals surface area contributed by atoms with Gasteiger partial charge in [0.15, 0.2) is 17.7 Å². The molecule has 0 radical (unpaired) electrons. The van der Waals surface area contributed by atoms with Crippen LogP contribution in [-0.2, 0) is 4.79 Å². The average Bonchev–Trinajstić information content (AvgIpc) is 2.26. The number of hydrogen-bond acceptors (Lipinski definition) is 4. The van der Waals surface area contributed by atoms with Crippen LogP contribution >= 0.6 is 0 Å². The molecular weight excluding hydrogens is 217 g/mol. The van der Waals surface area contributed by atoms with Crippen LogP contribution in [0.1, 0.15) is 17.2 Å². The van der Waals surface area contributed by atoms with Gasteiger partial charge in [-0.2, -0.15) is 5.26 Å². The maximum absolute atomic E-state index is 13.3. The van der Waals surface area contributed by atoms with Gasteiger partial charge >= 0.3 is 5.97 Å². The van der Waals surface area contributed by atoms with Crippen LogP contribution in [0.4, 0.5) is 4.39 Å². The fourth-order valence-corrected chi connectivity index (χ4v) is 1.21. The van der Waals surface area contributed by atoms with Gasteiger partial charge in [-0.1, -0.05) is 0 Å². The number of benzene rings is 1. The summed E-state index contributed by atoms with van der Waals surface area (Å²) in [5, 5.41) is 26.4. The van der Waals surface area contributed by atoms with Crippen molar-refractivity contribution >= 4 is 5.97 Å². The van der Waals surface area contributed by atoms with Gasteiger partial charge in [0.25, 0.3) is 0 Å². The Hall–Kier alpha value is -2.13. The van der Waals surface area contributed by atoms with Crippen LogP contribution in [-0.4, -0.2) is 23.3 Å². The topological polar surface area (TPSA) is 90.6 Å². The molecule has 2 N–H and O–H groups in total. The number of carboxylic acids is 1. The van der Waals surface area contributed by atoms with Crippen LogP contribution in [0.3, 0.4) is 0 Å². The third-order valence-electron chi connectivity index (χ3n) is 1.94. The molecule has 0 fully saturated rings.